The van der Waals surface area contributed by atoms with Gasteiger partial charge in [-0.2, -0.15) is 0 Å². The standard InChI is InChI=1S/C15H22NO3/c1-11(17)10-15(16,12-8-6-5-7-9-12)13(18)19-14(2,3)4/h5-9,11,17H,1,10,16H2,2-4H3. The Balaban J connectivity index is 3.10. The maximum Gasteiger partial charge on any atom is 0.331 e. The van der Waals surface area contributed by atoms with Gasteiger partial charge in [0, 0.05) is 6.42 Å². The maximum atomic E-state index is 12.3. The molecule has 19 heavy (non-hydrogen) atoms. The van der Waals surface area contributed by atoms with Crippen molar-refractivity contribution in [2.24, 2.45) is 5.73 Å². The molecule has 2 atom stereocenters. The summed E-state index contributed by atoms with van der Waals surface area (Å²) in [5.41, 5.74) is 4.77. The van der Waals surface area contributed by atoms with Gasteiger partial charge in [0.2, 0.25) is 0 Å². The number of rotatable bonds is 4. The number of nitrogens with two attached hydrogens (primary N) is 1. The molecule has 0 saturated heterocycles. The summed E-state index contributed by atoms with van der Waals surface area (Å²) >= 11 is 0. The number of esters is 1. The summed E-state index contributed by atoms with van der Waals surface area (Å²) in [4.78, 5) is 12.3. The van der Waals surface area contributed by atoms with Gasteiger partial charge in [0.05, 0.1) is 6.10 Å². The Hall–Kier alpha value is -1.39. The largest absolute Gasteiger partial charge is 0.458 e. The SMILES string of the molecule is [CH2]C(O)CC(N)(C(=O)OC(C)(C)C)c1ccccc1. The molecular formula is C15H22NO3. The van der Waals surface area contributed by atoms with Crippen LogP contribution in [0, 0.1) is 6.92 Å². The molecule has 0 aliphatic heterocycles. The minimum absolute atomic E-state index is 0.00588. The van der Waals surface area contributed by atoms with Crippen LogP contribution in [0.4, 0.5) is 0 Å². The Bertz CT molecular complexity index is 423. The summed E-state index contributed by atoms with van der Waals surface area (Å²) in [5.74, 6) is -0.561. The predicted octanol–water partition coefficient (Wildman–Crippen LogP) is 1.77. The van der Waals surface area contributed by atoms with Gasteiger partial charge in [0.15, 0.2) is 0 Å². The zero-order valence-corrected chi connectivity index (χ0v) is 11.7. The van der Waals surface area contributed by atoms with E-state index in [0.717, 1.165) is 0 Å². The van der Waals surface area contributed by atoms with Gasteiger partial charge in [-0.15, -0.1) is 0 Å². The van der Waals surface area contributed by atoms with Gasteiger partial charge in [-0.3, -0.25) is 0 Å². The van der Waals surface area contributed by atoms with Gasteiger partial charge in [-0.05, 0) is 33.3 Å². The van der Waals surface area contributed by atoms with E-state index in [-0.39, 0.29) is 6.42 Å². The molecule has 0 bridgehead atoms. The Labute approximate surface area is 114 Å². The van der Waals surface area contributed by atoms with Crippen molar-refractivity contribution in [3.05, 3.63) is 42.8 Å². The second-order valence-electron chi connectivity index (χ2n) is 5.70. The molecule has 0 aromatic heterocycles. The molecule has 105 valence electrons. The molecule has 1 aromatic rings. The molecular weight excluding hydrogens is 242 g/mol. The van der Waals surface area contributed by atoms with E-state index >= 15 is 0 Å². The topological polar surface area (TPSA) is 72.5 Å². The lowest BCUT2D eigenvalue weighted by Gasteiger charge is -2.32. The van der Waals surface area contributed by atoms with E-state index in [1.807, 2.05) is 6.07 Å². The average molecular weight is 264 g/mol. The van der Waals surface area contributed by atoms with E-state index < -0.39 is 23.2 Å². The van der Waals surface area contributed by atoms with Crippen LogP contribution >= 0.6 is 0 Å². The molecule has 1 rings (SSSR count). The Morgan fingerprint density at radius 2 is 1.89 bits per heavy atom. The third-order valence-electron chi connectivity index (χ3n) is 2.61. The van der Waals surface area contributed by atoms with E-state index in [4.69, 9.17) is 10.5 Å². The lowest BCUT2D eigenvalue weighted by atomic mass is 9.85. The zero-order valence-electron chi connectivity index (χ0n) is 11.7. The summed E-state index contributed by atoms with van der Waals surface area (Å²) in [6.45, 7) is 8.82. The van der Waals surface area contributed by atoms with Crippen LogP contribution in [0.1, 0.15) is 32.8 Å². The van der Waals surface area contributed by atoms with Crippen molar-refractivity contribution in [3.63, 3.8) is 0 Å². The summed E-state index contributed by atoms with van der Waals surface area (Å²) < 4.78 is 5.36. The lowest BCUT2D eigenvalue weighted by Crippen LogP contribution is -2.50. The number of hydrogen-bond acceptors (Lipinski definition) is 4. The third kappa shape index (κ3) is 4.33. The van der Waals surface area contributed by atoms with Crippen molar-refractivity contribution in [1.82, 2.24) is 0 Å². The summed E-state index contributed by atoms with van der Waals surface area (Å²) in [6.07, 6.45) is -0.941. The summed E-state index contributed by atoms with van der Waals surface area (Å²) in [5, 5.41) is 9.50. The van der Waals surface area contributed by atoms with Crippen molar-refractivity contribution < 1.29 is 14.6 Å². The number of carbonyl (C=O) groups excluding carboxylic acids is 1. The van der Waals surface area contributed by atoms with Crippen LogP contribution in [0.3, 0.4) is 0 Å². The molecule has 0 heterocycles. The van der Waals surface area contributed by atoms with Crippen LogP contribution in [0.15, 0.2) is 30.3 Å². The molecule has 0 aliphatic rings. The highest BCUT2D eigenvalue weighted by Crippen LogP contribution is 2.27. The Morgan fingerprint density at radius 1 is 1.37 bits per heavy atom. The Morgan fingerprint density at radius 3 is 2.32 bits per heavy atom. The smallest absolute Gasteiger partial charge is 0.331 e. The Kier molecular flexibility index (Phi) is 4.71. The normalized spacial score (nSPS) is 16.5. The first-order chi connectivity index (χ1) is 8.65. The van der Waals surface area contributed by atoms with Crippen LogP contribution in [-0.2, 0) is 15.1 Å². The summed E-state index contributed by atoms with van der Waals surface area (Å²) in [7, 11) is 0. The molecule has 3 N–H and O–H groups in total. The summed E-state index contributed by atoms with van der Waals surface area (Å²) in [6, 6.07) is 8.89. The van der Waals surface area contributed by atoms with Crippen LogP contribution in [0.25, 0.3) is 0 Å². The van der Waals surface area contributed by atoms with Crippen molar-refractivity contribution in [2.45, 2.75) is 44.4 Å². The van der Waals surface area contributed by atoms with Crippen LogP contribution in [0.2, 0.25) is 0 Å². The van der Waals surface area contributed by atoms with Crippen LogP contribution in [0.5, 0.6) is 0 Å². The second kappa shape index (κ2) is 5.72. The van der Waals surface area contributed by atoms with Crippen LogP contribution in [-0.4, -0.2) is 22.8 Å². The number of carbonyl (C=O) groups is 1. The van der Waals surface area contributed by atoms with Crippen molar-refractivity contribution in [1.29, 1.82) is 0 Å². The predicted molar refractivity (Wildman–Crippen MR) is 74.1 cm³/mol. The molecule has 4 nitrogen and oxygen atoms in total. The molecule has 4 heteroatoms. The highest BCUT2D eigenvalue weighted by atomic mass is 16.6. The fourth-order valence-electron chi connectivity index (χ4n) is 1.80. The molecule has 2 unspecified atom stereocenters. The number of aliphatic hydroxyl groups excluding tert-OH is 1. The average Bonchev–Trinajstić information content (AvgIpc) is 2.26. The third-order valence-corrected chi connectivity index (χ3v) is 2.61. The molecule has 0 spiro atoms. The lowest BCUT2D eigenvalue weighted by molar-refractivity contribution is -0.163. The highest BCUT2D eigenvalue weighted by molar-refractivity contribution is 5.82. The van der Waals surface area contributed by atoms with Crippen LogP contribution < -0.4 is 5.73 Å². The van der Waals surface area contributed by atoms with Gasteiger partial charge < -0.3 is 15.6 Å². The minimum atomic E-state index is -1.39. The van der Waals surface area contributed by atoms with E-state index in [1.165, 1.54) is 0 Å². The monoisotopic (exact) mass is 264 g/mol. The van der Waals surface area contributed by atoms with E-state index in [1.54, 1.807) is 45.0 Å². The van der Waals surface area contributed by atoms with Gasteiger partial charge in [-0.25, -0.2) is 4.79 Å². The highest BCUT2D eigenvalue weighted by Gasteiger charge is 2.40. The van der Waals surface area contributed by atoms with Gasteiger partial charge in [-0.1, -0.05) is 30.3 Å². The first kappa shape index (κ1) is 15.7. The molecule has 1 radical (unpaired) electrons. The first-order valence-electron chi connectivity index (χ1n) is 6.24. The van der Waals surface area contributed by atoms with Crippen molar-refractivity contribution >= 4 is 5.97 Å². The molecule has 0 fully saturated rings. The van der Waals surface area contributed by atoms with Crippen molar-refractivity contribution in [2.75, 3.05) is 0 Å². The number of hydrogen-bond donors (Lipinski definition) is 2. The number of benzene rings is 1. The van der Waals surface area contributed by atoms with E-state index in [9.17, 15) is 9.90 Å². The maximum absolute atomic E-state index is 12.3. The molecule has 0 amide bonds. The number of ether oxygens (including phenoxy) is 1. The zero-order chi connectivity index (χ0) is 14.7. The molecule has 0 aliphatic carbocycles. The fraction of sp³-hybridized carbons (Fsp3) is 0.467. The van der Waals surface area contributed by atoms with Gasteiger partial charge >= 0.3 is 5.97 Å². The molecule has 0 saturated carbocycles. The fourth-order valence-corrected chi connectivity index (χ4v) is 1.80. The van der Waals surface area contributed by atoms with Gasteiger partial charge in [0.1, 0.15) is 11.1 Å². The van der Waals surface area contributed by atoms with E-state index in [2.05, 4.69) is 6.92 Å². The van der Waals surface area contributed by atoms with E-state index in [0.29, 0.717) is 5.56 Å². The first-order valence-corrected chi connectivity index (χ1v) is 6.24. The number of aliphatic hydroxyl groups is 1. The quantitative estimate of drug-likeness (QED) is 0.813. The van der Waals surface area contributed by atoms with Crippen molar-refractivity contribution in [3.8, 4) is 0 Å². The molecule has 1 aromatic carbocycles. The van der Waals surface area contributed by atoms with Gasteiger partial charge in [0.25, 0.3) is 0 Å². The second-order valence-corrected chi connectivity index (χ2v) is 5.70. The minimum Gasteiger partial charge on any atom is -0.458 e.